The molecule has 2 aliphatic rings. The first-order valence-electron chi connectivity index (χ1n) is 23.1. The second-order valence-electron chi connectivity index (χ2n) is 20.5. The third kappa shape index (κ3) is 7.68. The van der Waals surface area contributed by atoms with E-state index in [1.807, 2.05) is 0 Å². The van der Waals surface area contributed by atoms with Gasteiger partial charge in [-0.05, 0) is 0 Å². The van der Waals surface area contributed by atoms with Crippen LogP contribution in [0.15, 0.2) is 145 Å². The molecule has 6 aromatic rings. The second kappa shape index (κ2) is 17.1. The van der Waals surface area contributed by atoms with Crippen LogP contribution < -0.4 is 0 Å². The average Bonchev–Trinajstić information content (AvgIpc) is 3.87. The molecule has 0 nitrogen and oxygen atoms in total. The number of hydrogen-bond acceptors (Lipinski definition) is 0. The van der Waals surface area contributed by atoms with Gasteiger partial charge in [0, 0.05) is 0 Å². The Morgan fingerprint density at radius 2 is 0.806 bits per heavy atom. The predicted molar refractivity (Wildman–Crippen MR) is 274 cm³/mol. The monoisotopic (exact) mass is 949 g/mol. The number of rotatable bonds is 11. The molecular formula is C58H65Cl2SiZr. The van der Waals surface area contributed by atoms with E-state index in [9.17, 15) is 17.0 Å². The Hall–Kier alpha value is -3.52. The molecule has 2 unspecified atom stereocenters. The van der Waals surface area contributed by atoms with Crippen LogP contribution in [-0.4, -0.2) is 5.92 Å². The fourth-order valence-electron chi connectivity index (χ4n) is 11.0. The van der Waals surface area contributed by atoms with Gasteiger partial charge in [0.15, 0.2) is 0 Å². The molecule has 319 valence electrons. The number of benzene rings is 6. The number of allylic oxidation sites excluding steroid dienone is 2. The minimum absolute atomic E-state index is 0.0307. The Morgan fingerprint density at radius 3 is 1.13 bits per heavy atom. The fourth-order valence-corrected chi connectivity index (χ4v) is 42.5. The summed E-state index contributed by atoms with van der Waals surface area (Å²) < 4.78 is -0.0614. The molecule has 0 aliphatic heterocycles. The minimum atomic E-state index is -5.25. The van der Waals surface area contributed by atoms with Crippen molar-refractivity contribution in [1.29, 1.82) is 0 Å². The zero-order valence-electron chi connectivity index (χ0n) is 38.7. The van der Waals surface area contributed by atoms with Gasteiger partial charge in [-0.3, -0.25) is 0 Å². The van der Waals surface area contributed by atoms with Crippen molar-refractivity contribution in [2.45, 2.75) is 101 Å². The Labute approximate surface area is 382 Å². The molecule has 2 aliphatic carbocycles. The molecule has 0 N–H and O–H groups in total. The summed E-state index contributed by atoms with van der Waals surface area (Å²) in [4.78, 5) is 0. The number of fused-ring (bicyclic) bond motifs is 2. The molecule has 0 radical (unpaired) electrons. The van der Waals surface area contributed by atoms with E-state index in [4.69, 9.17) is 0 Å². The van der Waals surface area contributed by atoms with Crippen LogP contribution in [0.4, 0.5) is 0 Å². The maximum absolute atomic E-state index is 9.21. The molecule has 0 bridgehead atoms. The van der Waals surface area contributed by atoms with Gasteiger partial charge in [0.1, 0.15) is 0 Å². The van der Waals surface area contributed by atoms with Gasteiger partial charge >= 0.3 is 385 Å². The number of hydrogen-bond donors (Lipinski definition) is 0. The molecule has 0 fully saturated rings. The van der Waals surface area contributed by atoms with Crippen molar-refractivity contribution in [2.75, 3.05) is 0 Å². The van der Waals surface area contributed by atoms with E-state index in [0.717, 1.165) is 25.7 Å². The van der Waals surface area contributed by atoms with Gasteiger partial charge in [-0.2, -0.15) is 0 Å². The molecular weight excluding hydrogens is 887 g/mol. The fraction of sp³-hybridized carbons (Fsp3) is 0.310. The summed E-state index contributed by atoms with van der Waals surface area (Å²) in [5.41, 5.74) is 20.9. The molecule has 0 aromatic heterocycles. The summed E-state index contributed by atoms with van der Waals surface area (Å²) in [5.74, 6) is -1.85. The SMILES string of the molecule is CCCc1ccc2c(c1-c1ccccc1-c1ccccc1)C=C(C(C)(C)C)[CH]2[Zr]([Cl])([Cl])([CH]1C(C(C)(C)C)=Cc2c1ccc(CCC)c2-c1ccccc1-c1ccccc1)[SiH](C)C. The first kappa shape index (κ1) is 45.1. The number of aryl methyl sites for hydroxylation is 2. The quantitative estimate of drug-likeness (QED) is 0.114. The van der Waals surface area contributed by atoms with E-state index in [2.05, 4.69) is 214 Å². The molecule has 6 aromatic carbocycles. The molecule has 0 amide bonds. The summed E-state index contributed by atoms with van der Waals surface area (Å²) in [5, 5.41) is 0. The topological polar surface area (TPSA) is 0 Å². The van der Waals surface area contributed by atoms with Gasteiger partial charge in [0.25, 0.3) is 0 Å². The van der Waals surface area contributed by atoms with Gasteiger partial charge in [-0.25, -0.2) is 0 Å². The van der Waals surface area contributed by atoms with Crippen LogP contribution in [0.2, 0.25) is 13.1 Å². The maximum atomic E-state index is 9.21. The Morgan fingerprint density at radius 1 is 0.468 bits per heavy atom. The summed E-state index contributed by atoms with van der Waals surface area (Å²) in [6.45, 7) is 24.0. The van der Waals surface area contributed by atoms with Gasteiger partial charge < -0.3 is 0 Å². The van der Waals surface area contributed by atoms with Crippen LogP contribution in [0.3, 0.4) is 0 Å². The molecule has 2 atom stereocenters. The zero-order valence-corrected chi connectivity index (χ0v) is 43.8. The van der Waals surface area contributed by atoms with Gasteiger partial charge in [-0.1, -0.05) is 0 Å². The van der Waals surface area contributed by atoms with E-state index >= 15 is 0 Å². The molecule has 4 heteroatoms. The van der Waals surface area contributed by atoms with E-state index in [-0.39, 0.29) is 18.1 Å². The van der Waals surface area contributed by atoms with Crippen LogP contribution in [0.25, 0.3) is 56.7 Å². The summed E-state index contributed by atoms with van der Waals surface area (Å²) in [6.07, 6.45) is 9.31. The molecule has 0 saturated heterocycles. The average molecular weight is 952 g/mol. The summed E-state index contributed by atoms with van der Waals surface area (Å²) in [6, 6.07) is 49.7. The second-order valence-corrected chi connectivity index (χ2v) is 63.0. The van der Waals surface area contributed by atoms with E-state index in [1.54, 1.807) is 0 Å². The van der Waals surface area contributed by atoms with Crippen molar-refractivity contribution in [3.63, 3.8) is 0 Å². The summed E-state index contributed by atoms with van der Waals surface area (Å²) in [7, 11) is 18.4. The van der Waals surface area contributed by atoms with Crippen LogP contribution in [0.1, 0.15) is 109 Å². The first-order chi connectivity index (χ1) is 29.5. The normalized spacial score (nSPS) is 17.0. The predicted octanol–water partition coefficient (Wildman–Crippen LogP) is 17.9. The molecule has 0 heterocycles. The molecule has 62 heavy (non-hydrogen) atoms. The molecule has 0 spiro atoms. The molecule has 0 saturated carbocycles. The van der Waals surface area contributed by atoms with Gasteiger partial charge in [-0.15, -0.1) is 0 Å². The number of halogens is 2. The van der Waals surface area contributed by atoms with Crippen LogP contribution in [-0.2, 0) is 28.4 Å². The van der Waals surface area contributed by atoms with Crippen LogP contribution in [0.5, 0.6) is 0 Å². The third-order valence-electron chi connectivity index (χ3n) is 14.1. The molecule has 8 rings (SSSR count). The standard InChI is InChI=1S/2C28H29.C2H7Si.2ClH.Zr/c2*1-5-11-21-16-17-22-18-23(28(2,3)4)19-26(22)27(21)25-15-10-9-14-24(25)20-12-7-6-8-13-20;1-3-2;;;/h2*6-10,12-19H,5,11H2,1-4H3;3H,1-2H3;2*1H;/q;;;;;+2/p-2. The van der Waals surface area contributed by atoms with Crippen molar-refractivity contribution >= 4 is 35.1 Å². The van der Waals surface area contributed by atoms with Crippen LogP contribution >= 0.6 is 17.0 Å². The van der Waals surface area contributed by atoms with Crippen LogP contribution in [0, 0.1) is 10.8 Å². The first-order valence-corrected chi connectivity index (χ1v) is 39.4. The Bertz CT molecular complexity index is 2510. The van der Waals surface area contributed by atoms with Gasteiger partial charge in [0.05, 0.1) is 0 Å². The van der Waals surface area contributed by atoms with E-state index in [0.29, 0.717) is 0 Å². The van der Waals surface area contributed by atoms with Crippen molar-refractivity contribution in [1.82, 2.24) is 0 Å². The summed E-state index contributed by atoms with van der Waals surface area (Å²) >= 11 is -5.25. The van der Waals surface area contributed by atoms with E-state index < -0.39 is 21.5 Å². The zero-order chi connectivity index (χ0) is 44.2. The third-order valence-corrected chi connectivity index (χ3v) is 65.7. The van der Waals surface area contributed by atoms with Gasteiger partial charge in [0.2, 0.25) is 0 Å². The van der Waals surface area contributed by atoms with Crippen molar-refractivity contribution < 1.29 is 15.6 Å². The Kier molecular flexibility index (Phi) is 12.4. The van der Waals surface area contributed by atoms with E-state index in [1.165, 1.54) is 89.0 Å². The van der Waals surface area contributed by atoms with Crippen molar-refractivity contribution in [2.24, 2.45) is 10.8 Å². The Balaban J connectivity index is 1.44. The van der Waals surface area contributed by atoms with Crippen molar-refractivity contribution in [3.8, 4) is 44.5 Å². The van der Waals surface area contributed by atoms with Crippen molar-refractivity contribution in [3.05, 3.63) is 178 Å².